The van der Waals surface area contributed by atoms with E-state index in [0.29, 0.717) is 12.3 Å². The van der Waals surface area contributed by atoms with Crippen LogP contribution in [-0.2, 0) is 0 Å². The van der Waals surface area contributed by atoms with Gasteiger partial charge in [-0.3, -0.25) is 0 Å². The number of nitrogens with zero attached hydrogens (tertiary/aromatic N) is 1. The second-order valence-electron chi connectivity index (χ2n) is 7.31. The summed E-state index contributed by atoms with van der Waals surface area (Å²) in [5, 5.41) is 17.2. The largest absolute Gasteiger partial charge is 0.497 e. The summed E-state index contributed by atoms with van der Waals surface area (Å²) in [7, 11) is 3.33. The van der Waals surface area contributed by atoms with E-state index in [0.717, 1.165) is 28.3 Å². The van der Waals surface area contributed by atoms with E-state index in [2.05, 4.69) is 48.6 Å². The number of nitrogens with one attached hydrogen (secondary N) is 1. The summed E-state index contributed by atoms with van der Waals surface area (Å²) < 4.78 is 10.6. The lowest BCUT2D eigenvalue weighted by molar-refractivity contribution is 0.263. The highest BCUT2D eigenvalue weighted by Gasteiger charge is 2.38. The molecule has 5 nitrogen and oxygen atoms in total. The first kappa shape index (κ1) is 19.2. The summed E-state index contributed by atoms with van der Waals surface area (Å²) in [6.07, 6.45) is 0.679. The lowest BCUT2D eigenvalue weighted by Crippen LogP contribution is -2.44. The van der Waals surface area contributed by atoms with Crippen molar-refractivity contribution in [2.75, 3.05) is 14.2 Å². The standard InChI is InChI=1S/C22H28N2O3/c1-14(2)21-20(24-25)13-19(15-5-9-17(26-3)10-6-15)23-22(21)16-7-11-18(27-4)12-8-16/h5-12,14,19,21-23,25H,13H2,1-4H3/b24-20+/t19-,21-,22-/m1/s1. The van der Waals surface area contributed by atoms with Crippen LogP contribution in [-0.4, -0.2) is 25.1 Å². The SMILES string of the molecule is COc1ccc([C@H]2N[C@@H](c3ccc(OC)cc3)C/C(=N\O)[C@H]2C(C)C)cc1. The summed E-state index contributed by atoms with van der Waals surface area (Å²) in [5.41, 5.74) is 3.15. The van der Waals surface area contributed by atoms with Crippen LogP contribution >= 0.6 is 0 Å². The fourth-order valence-corrected chi connectivity index (χ4v) is 3.96. The molecule has 0 radical (unpaired) electrons. The van der Waals surface area contributed by atoms with Crippen LogP contribution in [0.25, 0.3) is 0 Å². The van der Waals surface area contributed by atoms with Crippen molar-refractivity contribution in [3.8, 4) is 11.5 Å². The smallest absolute Gasteiger partial charge is 0.118 e. The van der Waals surface area contributed by atoms with E-state index in [4.69, 9.17) is 9.47 Å². The number of rotatable bonds is 5. The van der Waals surface area contributed by atoms with E-state index in [1.165, 1.54) is 0 Å². The maximum atomic E-state index is 9.72. The molecule has 1 aliphatic heterocycles. The Labute approximate surface area is 161 Å². The maximum Gasteiger partial charge on any atom is 0.118 e. The monoisotopic (exact) mass is 368 g/mol. The van der Waals surface area contributed by atoms with Gasteiger partial charge in [-0.05, 0) is 41.3 Å². The minimum absolute atomic E-state index is 0.0580. The third-order valence-corrected chi connectivity index (χ3v) is 5.38. The fourth-order valence-electron chi connectivity index (χ4n) is 3.96. The quantitative estimate of drug-likeness (QED) is 0.599. The van der Waals surface area contributed by atoms with Crippen LogP contribution in [0.2, 0.25) is 0 Å². The van der Waals surface area contributed by atoms with Crippen molar-refractivity contribution in [2.24, 2.45) is 17.0 Å². The highest BCUT2D eigenvalue weighted by Crippen LogP contribution is 2.39. The number of hydrogen-bond donors (Lipinski definition) is 2. The molecule has 1 saturated heterocycles. The molecular formula is C22H28N2O3. The predicted molar refractivity (Wildman–Crippen MR) is 107 cm³/mol. The molecule has 2 N–H and O–H groups in total. The maximum absolute atomic E-state index is 9.72. The molecule has 0 amide bonds. The van der Waals surface area contributed by atoms with E-state index < -0.39 is 0 Å². The molecule has 2 aromatic rings. The number of piperidine rings is 1. The molecule has 3 rings (SSSR count). The van der Waals surface area contributed by atoms with Crippen LogP contribution < -0.4 is 14.8 Å². The highest BCUT2D eigenvalue weighted by molar-refractivity contribution is 5.89. The Hall–Kier alpha value is -2.53. The minimum atomic E-state index is 0.0580. The summed E-state index contributed by atoms with van der Waals surface area (Å²) in [4.78, 5) is 0. The Kier molecular flexibility index (Phi) is 6.01. The topological polar surface area (TPSA) is 63.1 Å². The first-order chi connectivity index (χ1) is 13.1. The average molecular weight is 368 g/mol. The molecule has 1 aliphatic rings. The third kappa shape index (κ3) is 4.08. The summed E-state index contributed by atoms with van der Waals surface area (Å²) in [5.74, 6) is 2.13. The highest BCUT2D eigenvalue weighted by atomic mass is 16.5. The summed E-state index contributed by atoms with van der Waals surface area (Å²) >= 11 is 0. The Balaban J connectivity index is 1.95. The molecule has 0 spiro atoms. The molecule has 3 atom stereocenters. The van der Waals surface area contributed by atoms with Crippen molar-refractivity contribution in [1.29, 1.82) is 0 Å². The molecule has 27 heavy (non-hydrogen) atoms. The molecule has 0 unspecified atom stereocenters. The van der Waals surface area contributed by atoms with Gasteiger partial charge < -0.3 is 20.0 Å². The Morgan fingerprint density at radius 1 is 0.926 bits per heavy atom. The zero-order valence-electron chi connectivity index (χ0n) is 16.3. The second kappa shape index (κ2) is 8.44. The van der Waals surface area contributed by atoms with Crippen molar-refractivity contribution in [1.82, 2.24) is 5.32 Å². The molecule has 144 valence electrons. The van der Waals surface area contributed by atoms with Crippen molar-refractivity contribution < 1.29 is 14.7 Å². The van der Waals surface area contributed by atoms with Crippen molar-refractivity contribution in [3.05, 3.63) is 59.7 Å². The van der Waals surface area contributed by atoms with E-state index in [1.54, 1.807) is 14.2 Å². The fraction of sp³-hybridized carbons (Fsp3) is 0.409. The van der Waals surface area contributed by atoms with Crippen LogP contribution in [0.1, 0.15) is 43.5 Å². The van der Waals surface area contributed by atoms with Gasteiger partial charge in [0.2, 0.25) is 0 Å². The minimum Gasteiger partial charge on any atom is -0.497 e. The first-order valence-electron chi connectivity index (χ1n) is 9.32. The molecule has 0 bridgehead atoms. The van der Waals surface area contributed by atoms with Crippen LogP contribution in [0, 0.1) is 11.8 Å². The van der Waals surface area contributed by atoms with Gasteiger partial charge in [0.1, 0.15) is 11.5 Å². The lowest BCUT2D eigenvalue weighted by atomic mass is 9.75. The molecular weight excluding hydrogens is 340 g/mol. The molecule has 1 heterocycles. The van der Waals surface area contributed by atoms with Crippen LogP contribution in [0.5, 0.6) is 11.5 Å². The molecule has 2 aromatic carbocycles. The van der Waals surface area contributed by atoms with E-state index in [-0.39, 0.29) is 18.0 Å². The van der Waals surface area contributed by atoms with Crippen LogP contribution in [0.15, 0.2) is 53.7 Å². The zero-order valence-corrected chi connectivity index (χ0v) is 16.3. The van der Waals surface area contributed by atoms with E-state index in [9.17, 15) is 5.21 Å². The molecule has 0 aliphatic carbocycles. The van der Waals surface area contributed by atoms with Gasteiger partial charge in [0.15, 0.2) is 0 Å². The molecule has 0 saturated carbocycles. The van der Waals surface area contributed by atoms with Gasteiger partial charge in [-0.1, -0.05) is 43.3 Å². The Bertz CT molecular complexity index is 769. The van der Waals surface area contributed by atoms with Crippen LogP contribution in [0.3, 0.4) is 0 Å². The second-order valence-corrected chi connectivity index (χ2v) is 7.31. The lowest BCUT2D eigenvalue weighted by Gasteiger charge is -2.40. The Morgan fingerprint density at radius 3 is 1.89 bits per heavy atom. The van der Waals surface area contributed by atoms with Gasteiger partial charge in [-0.15, -0.1) is 0 Å². The van der Waals surface area contributed by atoms with Crippen molar-refractivity contribution >= 4 is 5.71 Å². The van der Waals surface area contributed by atoms with Gasteiger partial charge in [0, 0.05) is 24.4 Å². The van der Waals surface area contributed by atoms with Crippen molar-refractivity contribution in [3.63, 3.8) is 0 Å². The average Bonchev–Trinajstić information content (AvgIpc) is 2.72. The molecule has 0 aromatic heterocycles. The predicted octanol–water partition coefficient (Wildman–Crippen LogP) is 4.58. The number of benzene rings is 2. The van der Waals surface area contributed by atoms with Gasteiger partial charge in [0.25, 0.3) is 0 Å². The van der Waals surface area contributed by atoms with Gasteiger partial charge in [-0.25, -0.2) is 0 Å². The number of oxime groups is 1. The third-order valence-electron chi connectivity index (χ3n) is 5.38. The first-order valence-corrected chi connectivity index (χ1v) is 9.32. The summed E-state index contributed by atoms with van der Waals surface area (Å²) in [6.45, 7) is 4.34. The zero-order chi connectivity index (χ0) is 19.4. The number of methoxy groups -OCH3 is 2. The van der Waals surface area contributed by atoms with Crippen LogP contribution in [0.4, 0.5) is 0 Å². The van der Waals surface area contributed by atoms with Gasteiger partial charge in [-0.2, -0.15) is 0 Å². The van der Waals surface area contributed by atoms with E-state index in [1.807, 2.05) is 24.3 Å². The molecule has 1 fully saturated rings. The number of ether oxygens (including phenoxy) is 2. The Morgan fingerprint density at radius 2 is 1.44 bits per heavy atom. The molecule has 5 heteroatoms. The number of hydrogen-bond acceptors (Lipinski definition) is 5. The van der Waals surface area contributed by atoms with Gasteiger partial charge in [0.05, 0.1) is 19.9 Å². The normalized spacial score (nSPS) is 24.2. The van der Waals surface area contributed by atoms with E-state index >= 15 is 0 Å². The summed E-state index contributed by atoms with van der Waals surface area (Å²) in [6, 6.07) is 16.3. The van der Waals surface area contributed by atoms with Crippen molar-refractivity contribution in [2.45, 2.75) is 32.4 Å². The van der Waals surface area contributed by atoms with Gasteiger partial charge >= 0.3 is 0 Å².